The molecule has 0 saturated heterocycles. The van der Waals surface area contributed by atoms with Crippen molar-refractivity contribution >= 4 is 10.9 Å². The summed E-state index contributed by atoms with van der Waals surface area (Å²) in [4.78, 5) is 31.7. The number of benzene rings is 1. The Morgan fingerprint density at radius 3 is 2.62 bits per heavy atom. The second-order valence-electron chi connectivity index (χ2n) is 6.85. The van der Waals surface area contributed by atoms with E-state index in [4.69, 9.17) is 9.15 Å². The van der Waals surface area contributed by atoms with E-state index in [0.29, 0.717) is 34.5 Å². The Kier molecular flexibility index (Phi) is 3.79. The molecule has 0 aliphatic heterocycles. The summed E-state index contributed by atoms with van der Waals surface area (Å²) in [6.45, 7) is 6.23. The number of rotatable bonds is 3. The standard InChI is InChI=1S/C17H19N3O4/c1-17(2,3)8-20-15(21)10-5-11(14-7-18-9-24-14)13(23-4)6-12(10)19-16(20)22/h5-7,9H,8H2,1-4H3,(H,19,22). The Hall–Kier alpha value is -2.83. The largest absolute Gasteiger partial charge is 0.496 e. The van der Waals surface area contributed by atoms with E-state index in [-0.39, 0.29) is 11.0 Å². The van der Waals surface area contributed by atoms with Gasteiger partial charge in [0.1, 0.15) is 5.75 Å². The van der Waals surface area contributed by atoms with Crippen LogP contribution in [0.4, 0.5) is 0 Å². The van der Waals surface area contributed by atoms with Crippen LogP contribution < -0.4 is 16.0 Å². The molecule has 7 nitrogen and oxygen atoms in total. The van der Waals surface area contributed by atoms with Gasteiger partial charge >= 0.3 is 5.69 Å². The number of oxazole rings is 1. The molecule has 3 aromatic rings. The summed E-state index contributed by atoms with van der Waals surface area (Å²) in [6, 6.07) is 3.28. The lowest BCUT2D eigenvalue weighted by Crippen LogP contribution is -2.38. The Labute approximate surface area is 137 Å². The lowest BCUT2D eigenvalue weighted by molar-refractivity contribution is 0.332. The van der Waals surface area contributed by atoms with Crippen molar-refractivity contribution in [2.24, 2.45) is 5.41 Å². The van der Waals surface area contributed by atoms with E-state index < -0.39 is 5.69 Å². The maximum Gasteiger partial charge on any atom is 0.328 e. The topological polar surface area (TPSA) is 90.1 Å². The molecule has 0 bridgehead atoms. The molecule has 1 aromatic carbocycles. The minimum Gasteiger partial charge on any atom is -0.496 e. The van der Waals surface area contributed by atoms with E-state index in [0.717, 1.165) is 0 Å². The van der Waals surface area contributed by atoms with Gasteiger partial charge in [0.15, 0.2) is 12.2 Å². The first-order chi connectivity index (χ1) is 11.3. The monoisotopic (exact) mass is 329 g/mol. The zero-order valence-corrected chi connectivity index (χ0v) is 14.0. The summed E-state index contributed by atoms with van der Waals surface area (Å²) in [5, 5.41) is 0.394. The van der Waals surface area contributed by atoms with E-state index in [1.807, 2.05) is 20.8 Å². The number of ether oxygens (including phenoxy) is 1. The third-order valence-corrected chi connectivity index (χ3v) is 3.63. The number of aromatic amines is 1. The van der Waals surface area contributed by atoms with Crippen LogP contribution in [0.2, 0.25) is 0 Å². The molecule has 2 aromatic heterocycles. The molecule has 0 amide bonds. The molecule has 7 heteroatoms. The maximum atomic E-state index is 12.8. The molecule has 24 heavy (non-hydrogen) atoms. The van der Waals surface area contributed by atoms with Crippen LogP contribution in [-0.4, -0.2) is 21.6 Å². The summed E-state index contributed by atoms with van der Waals surface area (Å²) in [5.74, 6) is 0.976. The van der Waals surface area contributed by atoms with Gasteiger partial charge in [-0.3, -0.25) is 9.36 Å². The van der Waals surface area contributed by atoms with E-state index in [1.54, 1.807) is 18.3 Å². The number of nitrogens with one attached hydrogen (secondary N) is 1. The molecule has 0 aliphatic rings. The van der Waals surface area contributed by atoms with Crippen LogP contribution in [0.3, 0.4) is 0 Å². The average Bonchev–Trinajstić information content (AvgIpc) is 3.03. The van der Waals surface area contributed by atoms with E-state index in [2.05, 4.69) is 9.97 Å². The molecule has 0 radical (unpaired) electrons. The Balaban J connectivity index is 2.31. The molecule has 0 atom stereocenters. The van der Waals surface area contributed by atoms with Crippen molar-refractivity contribution in [3.8, 4) is 17.1 Å². The van der Waals surface area contributed by atoms with Crippen molar-refractivity contribution in [3.05, 3.63) is 45.6 Å². The third-order valence-electron chi connectivity index (χ3n) is 3.63. The molecular weight excluding hydrogens is 310 g/mol. The van der Waals surface area contributed by atoms with Gasteiger partial charge in [-0.25, -0.2) is 9.78 Å². The van der Waals surface area contributed by atoms with Gasteiger partial charge in [-0.05, 0) is 11.5 Å². The molecule has 0 fully saturated rings. The van der Waals surface area contributed by atoms with Gasteiger partial charge in [-0.2, -0.15) is 0 Å². The van der Waals surface area contributed by atoms with Crippen LogP contribution in [0.25, 0.3) is 22.2 Å². The lowest BCUT2D eigenvalue weighted by atomic mass is 9.97. The van der Waals surface area contributed by atoms with Crippen molar-refractivity contribution in [3.63, 3.8) is 0 Å². The van der Waals surface area contributed by atoms with Crippen LogP contribution in [-0.2, 0) is 6.54 Å². The van der Waals surface area contributed by atoms with E-state index in [9.17, 15) is 9.59 Å². The third kappa shape index (κ3) is 2.84. The number of hydrogen-bond donors (Lipinski definition) is 1. The first-order valence-electron chi connectivity index (χ1n) is 7.54. The van der Waals surface area contributed by atoms with Crippen molar-refractivity contribution in [2.45, 2.75) is 27.3 Å². The van der Waals surface area contributed by atoms with Gasteiger partial charge in [0.25, 0.3) is 5.56 Å². The van der Waals surface area contributed by atoms with Gasteiger partial charge in [-0.1, -0.05) is 20.8 Å². The van der Waals surface area contributed by atoms with E-state index >= 15 is 0 Å². The fourth-order valence-corrected chi connectivity index (χ4v) is 2.61. The fraction of sp³-hybridized carbons (Fsp3) is 0.353. The summed E-state index contributed by atoms with van der Waals surface area (Å²) >= 11 is 0. The predicted octanol–water partition coefficient (Wildman–Crippen LogP) is 2.40. The van der Waals surface area contributed by atoms with Gasteiger partial charge in [-0.15, -0.1) is 0 Å². The van der Waals surface area contributed by atoms with Crippen molar-refractivity contribution in [1.29, 1.82) is 0 Å². The van der Waals surface area contributed by atoms with Crippen LogP contribution >= 0.6 is 0 Å². The molecule has 3 rings (SSSR count). The number of nitrogens with zero attached hydrogens (tertiary/aromatic N) is 2. The Bertz CT molecular complexity index is 992. The van der Waals surface area contributed by atoms with E-state index in [1.165, 1.54) is 18.1 Å². The molecule has 0 spiro atoms. The summed E-state index contributed by atoms with van der Waals surface area (Å²) < 4.78 is 11.9. The second-order valence-corrected chi connectivity index (χ2v) is 6.85. The highest BCUT2D eigenvalue weighted by Crippen LogP contribution is 2.32. The Morgan fingerprint density at radius 2 is 2.04 bits per heavy atom. The Morgan fingerprint density at radius 1 is 1.29 bits per heavy atom. The number of aromatic nitrogens is 3. The van der Waals surface area contributed by atoms with Crippen molar-refractivity contribution in [1.82, 2.24) is 14.5 Å². The molecular formula is C17H19N3O4. The highest BCUT2D eigenvalue weighted by atomic mass is 16.5. The summed E-state index contributed by atoms with van der Waals surface area (Å²) in [7, 11) is 1.51. The molecule has 2 heterocycles. The van der Waals surface area contributed by atoms with Crippen LogP contribution in [0.1, 0.15) is 20.8 Å². The zero-order valence-electron chi connectivity index (χ0n) is 14.0. The number of fused-ring (bicyclic) bond motifs is 1. The summed E-state index contributed by atoms with van der Waals surface area (Å²) in [6.07, 6.45) is 2.85. The highest BCUT2D eigenvalue weighted by Gasteiger charge is 2.18. The number of H-pyrrole nitrogens is 1. The van der Waals surface area contributed by atoms with Gasteiger partial charge < -0.3 is 14.1 Å². The highest BCUT2D eigenvalue weighted by molar-refractivity contribution is 5.86. The average molecular weight is 329 g/mol. The second kappa shape index (κ2) is 5.67. The van der Waals surface area contributed by atoms with Crippen LogP contribution in [0.15, 0.2) is 38.7 Å². The van der Waals surface area contributed by atoms with Crippen LogP contribution in [0, 0.1) is 5.41 Å². The zero-order chi connectivity index (χ0) is 17.5. The number of methoxy groups -OCH3 is 1. The lowest BCUT2D eigenvalue weighted by Gasteiger charge is -2.19. The summed E-state index contributed by atoms with van der Waals surface area (Å²) in [5.41, 5.74) is 0.0540. The number of hydrogen-bond acceptors (Lipinski definition) is 5. The fourth-order valence-electron chi connectivity index (χ4n) is 2.61. The molecule has 1 N–H and O–H groups in total. The van der Waals surface area contributed by atoms with Gasteiger partial charge in [0.2, 0.25) is 0 Å². The van der Waals surface area contributed by atoms with Crippen molar-refractivity contribution in [2.75, 3.05) is 7.11 Å². The molecule has 0 aliphatic carbocycles. The smallest absolute Gasteiger partial charge is 0.328 e. The molecule has 0 unspecified atom stereocenters. The van der Waals surface area contributed by atoms with Gasteiger partial charge in [0.05, 0.1) is 29.8 Å². The van der Waals surface area contributed by atoms with Crippen LogP contribution in [0.5, 0.6) is 5.75 Å². The normalized spacial score (nSPS) is 11.8. The minimum atomic E-state index is -0.433. The first kappa shape index (κ1) is 16.0. The SMILES string of the molecule is COc1cc2[nH]c(=O)n(CC(C)(C)C)c(=O)c2cc1-c1cnco1. The van der Waals surface area contributed by atoms with Gasteiger partial charge in [0, 0.05) is 12.6 Å². The molecule has 0 saturated carbocycles. The quantitative estimate of drug-likeness (QED) is 0.797. The predicted molar refractivity (Wildman–Crippen MR) is 90.3 cm³/mol. The molecule has 126 valence electrons. The first-order valence-corrected chi connectivity index (χ1v) is 7.54. The van der Waals surface area contributed by atoms with Crippen molar-refractivity contribution < 1.29 is 9.15 Å². The maximum absolute atomic E-state index is 12.8. The minimum absolute atomic E-state index is 0.204.